The third-order valence-corrected chi connectivity index (χ3v) is 10.9. The topological polar surface area (TPSA) is 406 Å². The van der Waals surface area contributed by atoms with Gasteiger partial charge in [0.1, 0.15) is 60.9 Å². The van der Waals surface area contributed by atoms with E-state index in [1.54, 1.807) is 13.8 Å². The Hall–Kier alpha value is -2.34. The van der Waals surface area contributed by atoms with Gasteiger partial charge in [-0.1, -0.05) is 0 Å². The Kier molecular flexibility index (Phi) is 26.0. The lowest BCUT2D eigenvalue weighted by atomic mass is 9.97. The predicted molar refractivity (Wildman–Crippen MR) is 215 cm³/mol. The van der Waals surface area contributed by atoms with Gasteiger partial charge >= 0.3 is 15.6 Å². The van der Waals surface area contributed by atoms with Gasteiger partial charge in [-0.3, -0.25) is 32.7 Å². The molecule has 2 saturated heterocycles. The summed E-state index contributed by atoms with van der Waals surface area (Å²) in [5, 5.41) is 69.7. The Bertz CT molecular complexity index is 1530. The van der Waals surface area contributed by atoms with Gasteiger partial charge in [-0.2, -0.15) is 0 Å². The van der Waals surface area contributed by atoms with Crippen LogP contribution < -0.4 is 21.3 Å². The Morgan fingerprint density at radius 2 is 1.06 bits per heavy atom. The van der Waals surface area contributed by atoms with Crippen LogP contribution in [0.15, 0.2) is 0 Å². The first kappa shape index (κ1) is 57.8. The predicted octanol–water partition coefficient (Wildman–Crippen LogP) is -4.11. The van der Waals surface area contributed by atoms with E-state index in [9.17, 15) is 73.6 Å². The summed E-state index contributed by atoms with van der Waals surface area (Å²) in [6.07, 6.45) is -13.3. The lowest BCUT2D eigenvalue weighted by Crippen LogP contribution is -2.64. The van der Waals surface area contributed by atoms with Gasteiger partial charge < -0.3 is 90.3 Å². The second kappa shape index (κ2) is 28.7. The fourth-order valence-electron chi connectivity index (χ4n) is 6.18. The SMILES string of the molecule is CC(=O)NC1[C@H](OCCCCC(=O)NCC(COP(=O)(O)OC(CNC(=O)CCCCO[C@@H]2OC(CO)[C@H](O)[C@H](O)C2NC(C)=O)COC(C)C)OP(=O)(O)O)OC(CO)[C@H](O)[C@@H]1O. The molecule has 2 heterocycles. The molecule has 7 unspecified atom stereocenters. The van der Waals surface area contributed by atoms with Crippen molar-refractivity contribution < 1.29 is 111 Å². The zero-order valence-corrected chi connectivity index (χ0v) is 37.8. The minimum absolute atomic E-state index is 0.00606. The summed E-state index contributed by atoms with van der Waals surface area (Å²) >= 11 is 0. The molecule has 0 saturated carbocycles. The zero-order valence-electron chi connectivity index (χ0n) is 36.0. The van der Waals surface area contributed by atoms with E-state index < -0.39 is 139 Å². The number of hydrogen-bond donors (Lipinski definition) is 13. The number of aliphatic hydroxyl groups is 6. The largest absolute Gasteiger partial charge is 0.472 e. The Labute approximate surface area is 369 Å². The second-order valence-corrected chi connectivity index (χ2v) is 17.8. The summed E-state index contributed by atoms with van der Waals surface area (Å²) in [7, 11) is -10.3. The van der Waals surface area contributed by atoms with Gasteiger partial charge in [0.05, 0.1) is 32.5 Å². The van der Waals surface area contributed by atoms with Crippen molar-refractivity contribution in [1.29, 1.82) is 0 Å². The molecule has 13 atom stereocenters. The van der Waals surface area contributed by atoms with E-state index in [1.807, 2.05) is 0 Å². The van der Waals surface area contributed by atoms with Gasteiger partial charge in [0.2, 0.25) is 23.6 Å². The molecular weight excluding hydrogens is 906 g/mol. The van der Waals surface area contributed by atoms with E-state index in [-0.39, 0.29) is 71.0 Å². The molecule has 0 aromatic heterocycles. The van der Waals surface area contributed by atoms with Gasteiger partial charge in [0.25, 0.3) is 0 Å². The number of carbonyl (C=O) groups excluding carboxylic acids is 4. The fourth-order valence-corrected chi connectivity index (χ4v) is 7.63. The molecule has 0 spiro atoms. The van der Waals surface area contributed by atoms with Gasteiger partial charge in [0, 0.05) is 53.0 Å². The number of ether oxygens (including phenoxy) is 5. The van der Waals surface area contributed by atoms with Crippen LogP contribution in [0, 0.1) is 0 Å². The molecule has 2 fully saturated rings. The smallest absolute Gasteiger partial charge is 0.394 e. The minimum Gasteiger partial charge on any atom is -0.394 e. The molecule has 0 aromatic carbocycles. The van der Waals surface area contributed by atoms with Crippen LogP contribution in [-0.2, 0) is 65.6 Å². The average Bonchev–Trinajstić information content (AvgIpc) is 3.20. The first-order valence-corrected chi connectivity index (χ1v) is 23.6. The van der Waals surface area contributed by atoms with Crippen molar-refractivity contribution in [3.05, 3.63) is 0 Å². The third kappa shape index (κ3) is 22.0. The lowest BCUT2D eigenvalue weighted by molar-refractivity contribution is -0.270. The number of unbranched alkanes of at least 4 members (excludes halogenated alkanes) is 2. The monoisotopic (exact) mass is 972 g/mol. The maximum atomic E-state index is 13.0. The molecule has 0 radical (unpaired) electrons. The average molecular weight is 973 g/mol. The molecule has 0 aliphatic carbocycles. The van der Waals surface area contributed by atoms with Gasteiger partial charge in [-0.05, 0) is 39.5 Å². The van der Waals surface area contributed by atoms with E-state index in [0.717, 1.165) is 0 Å². The molecule has 27 nitrogen and oxygen atoms in total. The Morgan fingerprint density at radius 1 is 0.641 bits per heavy atom. The van der Waals surface area contributed by atoms with Crippen molar-refractivity contribution in [3.63, 3.8) is 0 Å². The highest BCUT2D eigenvalue weighted by Gasteiger charge is 2.46. The number of carbonyl (C=O) groups is 4. The number of amides is 4. The van der Waals surface area contributed by atoms with Crippen molar-refractivity contribution in [3.8, 4) is 0 Å². The number of rotatable bonds is 30. The molecule has 2 rings (SSSR count). The third-order valence-electron chi connectivity index (χ3n) is 9.32. The van der Waals surface area contributed by atoms with Crippen LogP contribution in [0.25, 0.3) is 0 Å². The fraction of sp³-hybridized carbons (Fsp3) is 0.886. The molecule has 374 valence electrons. The number of phosphoric acid groups is 2. The molecule has 2 aliphatic heterocycles. The van der Waals surface area contributed by atoms with Crippen molar-refractivity contribution in [2.45, 2.75) is 146 Å². The van der Waals surface area contributed by atoms with Crippen LogP contribution in [0.3, 0.4) is 0 Å². The maximum absolute atomic E-state index is 13.0. The highest BCUT2D eigenvalue weighted by Crippen LogP contribution is 2.46. The van der Waals surface area contributed by atoms with Crippen LogP contribution >= 0.6 is 15.6 Å². The summed E-state index contributed by atoms with van der Waals surface area (Å²) in [6.45, 7) is 2.23. The van der Waals surface area contributed by atoms with Gasteiger partial charge in [-0.25, -0.2) is 9.13 Å². The standard InChI is InChI=1S/C35H66N4O23P2/c1-19(2)57-17-22(13-36-26(44)9-5-7-11-55-34-28(38-20(3)42)32(48)30(46)24(15-40)59-34)62-64(53,54)58-18-23(61-63(50,51)52)14-37-27(45)10-6-8-12-56-35-29(39-21(4)43)33(49)31(47)25(16-41)60-35/h19,22-25,28-35,40-41,46-49H,5-18H2,1-4H3,(H,36,44)(H,37,45)(H,38,42)(H,39,43)(H,53,54)(H2,50,51,52)/t22?,23?,24?,25?,28?,29?,30-,31-,32+,33+,34+,35+/m0/s1. The minimum atomic E-state index is -5.22. The summed E-state index contributed by atoms with van der Waals surface area (Å²) in [5.74, 6) is -2.18. The quantitative estimate of drug-likeness (QED) is 0.0240. The van der Waals surface area contributed by atoms with Crippen LogP contribution in [0.2, 0.25) is 0 Å². The molecule has 0 aromatic rings. The number of phosphoric ester groups is 2. The lowest BCUT2D eigenvalue weighted by Gasteiger charge is -2.42. The normalized spacial score (nSPS) is 28.2. The molecule has 2 aliphatic rings. The summed E-state index contributed by atoms with van der Waals surface area (Å²) in [4.78, 5) is 77.6. The first-order valence-electron chi connectivity index (χ1n) is 20.5. The van der Waals surface area contributed by atoms with Crippen molar-refractivity contribution in [1.82, 2.24) is 21.3 Å². The molecule has 4 amide bonds. The van der Waals surface area contributed by atoms with Crippen molar-refractivity contribution in [2.75, 3.05) is 52.7 Å². The van der Waals surface area contributed by atoms with E-state index >= 15 is 0 Å². The number of hydrogen-bond acceptors (Lipinski definition) is 20. The van der Waals surface area contributed by atoms with Crippen LogP contribution in [0.1, 0.15) is 66.2 Å². The second-order valence-electron chi connectivity index (χ2n) is 15.2. The summed E-state index contributed by atoms with van der Waals surface area (Å²) < 4.78 is 67.0. The van der Waals surface area contributed by atoms with E-state index in [1.165, 1.54) is 13.8 Å². The van der Waals surface area contributed by atoms with Crippen LogP contribution in [-0.4, -0.2) is 201 Å². The maximum Gasteiger partial charge on any atom is 0.472 e. The highest BCUT2D eigenvalue weighted by molar-refractivity contribution is 7.47. The summed E-state index contributed by atoms with van der Waals surface area (Å²) in [5.41, 5.74) is 0. The number of nitrogens with one attached hydrogen (secondary N) is 4. The zero-order chi connectivity index (χ0) is 48.2. The highest BCUT2D eigenvalue weighted by atomic mass is 31.2. The Morgan fingerprint density at radius 3 is 1.44 bits per heavy atom. The van der Waals surface area contributed by atoms with Crippen molar-refractivity contribution >= 4 is 39.3 Å². The van der Waals surface area contributed by atoms with Crippen LogP contribution in [0.4, 0.5) is 0 Å². The van der Waals surface area contributed by atoms with E-state index in [4.69, 9.17) is 32.7 Å². The Balaban J connectivity index is 1.84. The van der Waals surface area contributed by atoms with Crippen LogP contribution in [0.5, 0.6) is 0 Å². The van der Waals surface area contributed by atoms with E-state index in [0.29, 0.717) is 0 Å². The first-order chi connectivity index (χ1) is 30.0. The van der Waals surface area contributed by atoms with E-state index in [2.05, 4.69) is 25.8 Å². The molecule has 29 heteroatoms. The summed E-state index contributed by atoms with van der Waals surface area (Å²) in [6, 6.07) is -2.29. The number of aliphatic hydroxyl groups excluding tert-OH is 6. The molecule has 0 bridgehead atoms. The van der Waals surface area contributed by atoms with Crippen molar-refractivity contribution in [2.24, 2.45) is 0 Å². The van der Waals surface area contributed by atoms with Gasteiger partial charge in [0.15, 0.2) is 12.6 Å². The molecule has 13 N–H and O–H groups in total. The molecule has 64 heavy (non-hydrogen) atoms. The van der Waals surface area contributed by atoms with Gasteiger partial charge in [-0.15, -0.1) is 0 Å². The molecular formula is C35H66N4O23P2.